The second kappa shape index (κ2) is 8.14. The second-order valence-corrected chi connectivity index (χ2v) is 6.65. The third-order valence-corrected chi connectivity index (χ3v) is 4.81. The zero-order valence-corrected chi connectivity index (χ0v) is 14.3. The van der Waals surface area contributed by atoms with Crippen LogP contribution >= 0.6 is 0 Å². The van der Waals surface area contributed by atoms with Crippen molar-refractivity contribution >= 4 is 5.97 Å². The average Bonchev–Trinajstić information content (AvgIpc) is 2.55. The van der Waals surface area contributed by atoms with Crippen LogP contribution in [0.15, 0.2) is 54.1 Å². The van der Waals surface area contributed by atoms with Gasteiger partial charge < -0.3 is 5.11 Å². The number of hydrogen-bond donors (Lipinski definition) is 1. The second-order valence-electron chi connectivity index (χ2n) is 6.65. The Kier molecular flexibility index (Phi) is 6.20. The lowest BCUT2D eigenvalue weighted by molar-refractivity contribution is -0.144. The standard InChI is InChI=1S/C21H28O2/c1-3-4-5-6-10-14-21(20(22)23)15-13-19(17(2)16-21)18-11-8-7-9-12-18/h7-9,11-13,15-16,19H,3-6,10,14H2,1-2H3,(H,22,23). The van der Waals surface area contributed by atoms with E-state index in [-0.39, 0.29) is 5.92 Å². The van der Waals surface area contributed by atoms with Gasteiger partial charge >= 0.3 is 5.97 Å². The molecule has 124 valence electrons. The van der Waals surface area contributed by atoms with Crippen molar-refractivity contribution in [3.63, 3.8) is 0 Å². The van der Waals surface area contributed by atoms with Gasteiger partial charge in [-0.15, -0.1) is 0 Å². The van der Waals surface area contributed by atoms with E-state index in [1.54, 1.807) is 0 Å². The molecule has 0 spiro atoms. The van der Waals surface area contributed by atoms with Crippen molar-refractivity contribution in [2.75, 3.05) is 0 Å². The normalized spacial score (nSPS) is 23.6. The first kappa shape index (κ1) is 17.5. The molecule has 0 radical (unpaired) electrons. The minimum Gasteiger partial charge on any atom is -0.480 e. The number of unbranched alkanes of at least 4 members (excludes halogenated alkanes) is 4. The first-order valence-corrected chi connectivity index (χ1v) is 8.76. The highest BCUT2D eigenvalue weighted by molar-refractivity contribution is 5.80. The van der Waals surface area contributed by atoms with Crippen LogP contribution in [-0.4, -0.2) is 11.1 Å². The number of carboxylic acid groups (broad SMARTS) is 1. The molecule has 0 amide bonds. The van der Waals surface area contributed by atoms with Gasteiger partial charge in [0.25, 0.3) is 0 Å². The maximum absolute atomic E-state index is 11.9. The molecule has 1 aromatic rings. The Bertz CT molecular complexity index is 571. The minimum absolute atomic E-state index is 0.198. The molecule has 2 rings (SSSR count). The predicted molar refractivity (Wildman–Crippen MR) is 95.5 cm³/mol. The molecule has 1 aliphatic rings. The lowest BCUT2D eigenvalue weighted by atomic mass is 9.73. The Labute approximate surface area is 139 Å². The lowest BCUT2D eigenvalue weighted by Crippen LogP contribution is -2.29. The van der Waals surface area contributed by atoms with E-state index in [1.165, 1.54) is 24.8 Å². The van der Waals surface area contributed by atoms with Crippen LogP contribution in [0, 0.1) is 5.41 Å². The van der Waals surface area contributed by atoms with Gasteiger partial charge in [-0.3, -0.25) is 4.79 Å². The summed E-state index contributed by atoms with van der Waals surface area (Å²) in [6.45, 7) is 4.24. The van der Waals surface area contributed by atoms with Gasteiger partial charge in [-0.1, -0.05) is 93.2 Å². The van der Waals surface area contributed by atoms with E-state index < -0.39 is 11.4 Å². The van der Waals surface area contributed by atoms with Crippen molar-refractivity contribution in [1.82, 2.24) is 0 Å². The molecule has 0 aromatic heterocycles. The fourth-order valence-electron chi connectivity index (χ4n) is 3.41. The molecule has 1 N–H and O–H groups in total. The average molecular weight is 312 g/mol. The number of aliphatic carboxylic acids is 1. The predicted octanol–water partition coefficient (Wildman–Crippen LogP) is 5.72. The molecule has 2 atom stereocenters. The topological polar surface area (TPSA) is 37.3 Å². The van der Waals surface area contributed by atoms with Crippen molar-refractivity contribution in [2.24, 2.45) is 5.41 Å². The molecule has 0 saturated carbocycles. The molecule has 1 aliphatic carbocycles. The number of carboxylic acids is 1. The van der Waals surface area contributed by atoms with E-state index in [0.29, 0.717) is 6.42 Å². The summed E-state index contributed by atoms with van der Waals surface area (Å²) >= 11 is 0. The lowest BCUT2D eigenvalue weighted by Gasteiger charge is -2.30. The van der Waals surface area contributed by atoms with Crippen LogP contribution in [0.5, 0.6) is 0 Å². The number of benzene rings is 1. The van der Waals surface area contributed by atoms with Crippen LogP contribution in [0.3, 0.4) is 0 Å². The summed E-state index contributed by atoms with van der Waals surface area (Å²) in [5.41, 5.74) is 1.54. The minimum atomic E-state index is -0.818. The summed E-state index contributed by atoms with van der Waals surface area (Å²) < 4.78 is 0. The third-order valence-electron chi connectivity index (χ3n) is 4.81. The zero-order valence-electron chi connectivity index (χ0n) is 14.3. The molecule has 0 heterocycles. The summed E-state index contributed by atoms with van der Waals surface area (Å²) in [5, 5.41) is 9.77. The highest BCUT2D eigenvalue weighted by Gasteiger charge is 2.36. The Morgan fingerprint density at radius 3 is 2.43 bits per heavy atom. The van der Waals surface area contributed by atoms with Crippen molar-refractivity contribution in [1.29, 1.82) is 0 Å². The molecule has 2 unspecified atom stereocenters. The quantitative estimate of drug-likeness (QED) is 0.492. The molecule has 0 aliphatic heterocycles. The number of hydrogen-bond acceptors (Lipinski definition) is 1. The largest absolute Gasteiger partial charge is 0.480 e. The smallest absolute Gasteiger partial charge is 0.317 e. The van der Waals surface area contributed by atoms with E-state index in [2.05, 4.69) is 32.1 Å². The van der Waals surface area contributed by atoms with E-state index in [0.717, 1.165) is 18.4 Å². The number of carbonyl (C=O) groups is 1. The summed E-state index contributed by atoms with van der Waals surface area (Å²) in [6.07, 6.45) is 12.4. The van der Waals surface area contributed by atoms with Gasteiger partial charge in [0.2, 0.25) is 0 Å². The summed E-state index contributed by atoms with van der Waals surface area (Å²) in [7, 11) is 0. The van der Waals surface area contributed by atoms with E-state index in [1.807, 2.05) is 30.4 Å². The molecule has 2 heteroatoms. The molecule has 2 nitrogen and oxygen atoms in total. The Hall–Kier alpha value is -1.83. The van der Waals surface area contributed by atoms with Crippen LogP contribution in [0.1, 0.15) is 63.9 Å². The summed E-state index contributed by atoms with van der Waals surface area (Å²) in [5.74, 6) is -0.529. The Morgan fingerprint density at radius 1 is 1.13 bits per heavy atom. The van der Waals surface area contributed by atoms with Crippen LogP contribution in [0.4, 0.5) is 0 Å². The van der Waals surface area contributed by atoms with E-state index in [4.69, 9.17) is 0 Å². The van der Waals surface area contributed by atoms with Crippen molar-refractivity contribution in [3.05, 3.63) is 59.7 Å². The van der Waals surface area contributed by atoms with Gasteiger partial charge in [-0.05, 0) is 18.9 Å². The molecule has 0 saturated heterocycles. The number of allylic oxidation sites excluding steroid dienone is 2. The molecule has 23 heavy (non-hydrogen) atoms. The molecule has 0 bridgehead atoms. The van der Waals surface area contributed by atoms with Crippen molar-refractivity contribution in [3.8, 4) is 0 Å². The fourth-order valence-corrected chi connectivity index (χ4v) is 3.41. The third kappa shape index (κ3) is 4.34. The van der Waals surface area contributed by atoms with Crippen LogP contribution in [-0.2, 0) is 4.79 Å². The molecule has 0 fully saturated rings. The molecular weight excluding hydrogens is 284 g/mol. The van der Waals surface area contributed by atoms with Gasteiger partial charge in [0.15, 0.2) is 0 Å². The van der Waals surface area contributed by atoms with Gasteiger partial charge in [-0.2, -0.15) is 0 Å². The SMILES string of the molecule is CCCCCCCC1(C(=O)O)C=CC(c2ccccc2)C(C)=C1. The highest BCUT2D eigenvalue weighted by atomic mass is 16.4. The summed E-state index contributed by atoms with van der Waals surface area (Å²) in [4.78, 5) is 11.9. The zero-order chi connectivity index (χ0) is 16.7. The fraction of sp³-hybridized carbons (Fsp3) is 0.476. The monoisotopic (exact) mass is 312 g/mol. The first-order chi connectivity index (χ1) is 11.1. The maximum atomic E-state index is 11.9. The van der Waals surface area contributed by atoms with E-state index >= 15 is 0 Å². The van der Waals surface area contributed by atoms with Gasteiger partial charge in [0, 0.05) is 5.92 Å². The van der Waals surface area contributed by atoms with Gasteiger partial charge in [0.05, 0.1) is 0 Å². The Balaban J connectivity index is 2.09. The maximum Gasteiger partial charge on any atom is 0.317 e. The summed E-state index contributed by atoms with van der Waals surface area (Å²) in [6, 6.07) is 10.3. The van der Waals surface area contributed by atoms with Gasteiger partial charge in [0.1, 0.15) is 5.41 Å². The molecular formula is C21H28O2. The van der Waals surface area contributed by atoms with Crippen molar-refractivity contribution in [2.45, 2.75) is 58.3 Å². The molecule has 1 aromatic carbocycles. The number of rotatable bonds is 8. The van der Waals surface area contributed by atoms with Crippen LogP contribution in [0.2, 0.25) is 0 Å². The van der Waals surface area contributed by atoms with E-state index in [9.17, 15) is 9.90 Å². The Morgan fingerprint density at radius 2 is 1.83 bits per heavy atom. The van der Waals surface area contributed by atoms with Crippen LogP contribution < -0.4 is 0 Å². The van der Waals surface area contributed by atoms with Crippen molar-refractivity contribution < 1.29 is 9.90 Å². The van der Waals surface area contributed by atoms with Gasteiger partial charge in [-0.25, -0.2) is 0 Å². The highest BCUT2D eigenvalue weighted by Crippen LogP contribution is 2.40. The van der Waals surface area contributed by atoms with Crippen LogP contribution in [0.25, 0.3) is 0 Å². The first-order valence-electron chi connectivity index (χ1n) is 8.76.